The molecule has 6 heteroatoms. The molecule has 6 nitrogen and oxygen atoms in total. The molecule has 0 aliphatic rings. The molecular weight excluding hydrogens is 334 g/mol. The van der Waals surface area contributed by atoms with Gasteiger partial charge in [-0.15, -0.1) is 0 Å². The molecule has 0 aromatic heterocycles. The third kappa shape index (κ3) is 5.66. The maximum atomic E-state index is 11.8. The number of nitrogens with one attached hydrogen (secondary N) is 1. The third-order valence-corrected chi connectivity index (χ3v) is 3.50. The lowest BCUT2D eigenvalue weighted by molar-refractivity contribution is -0.142. The highest BCUT2D eigenvalue weighted by Gasteiger charge is 2.06. The Morgan fingerprint density at radius 1 is 1.00 bits per heavy atom. The maximum absolute atomic E-state index is 11.8. The number of hydrogen-bond donors (Lipinski definition) is 1. The molecule has 2 aromatic carbocycles. The average Bonchev–Trinajstić information content (AvgIpc) is 2.66. The van der Waals surface area contributed by atoms with Crippen LogP contribution in [-0.2, 0) is 14.3 Å². The molecule has 136 valence electrons. The Morgan fingerprint density at radius 3 is 2.35 bits per heavy atom. The van der Waals surface area contributed by atoms with E-state index in [-0.39, 0.29) is 6.61 Å². The first-order chi connectivity index (χ1) is 12.5. The minimum Gasteiger partial charge on any atom is -0.493 e. The van der Waals surface area contributed by atoms with Crippen LogP contribution < -0.4 is 14.8 Å². The Kier molecular flexibility index (Phi) is 6.79. The third-order valence-electron chi connectivity index (χ3n) is 3.50. The number of carbonyl (C=O) groups excluding carboxylic acids is 2. The second-order valence-electron chi connectivity index (χ2n) is 5.47. The summed E-state index contributed by atoms with van der Waals surface area (Å²) in [5.41, 5.74) is 2.48. The second kappa shape index (κ2) is 9.27. The van der Waals surface area contributed by atoms with Gasteiger partial charge >= 0.3 is 5.97 Å². The highest BCUT2D eigenvalue weighted by molar-refractivity contribution is 5.94. The van der Waals surface area contributed by atoms with E-state index < -0.39 is 11.9 Å². The summed E-state index contributed by atoms with van der Waals surface area (Å²) in [6.07, 6.45) is 2.82. The van der Waals surface area contributed by atoms with Gasteiger partial charge in [0.2, 0.25) is 0 Å². The standard InChI is InChI=1S/C20H21NO5/c1-14-4-8-16(9-5-14)21-19(22)13-26-20(23)11-7-15-6-10-17(24-2)18(12-15)25-3/h4-12H,13H2,1-3H3,(H,21,22). The van der Waals surface area contributed by atoms with Crippen molar-refractivity contribution in [1.29, 1.82) is 0 Å². The lowest BCUT2D eigenvalue weighted by Crippen LogP contribution is -2.20. The summed E-state index contributed by atoms with van der Waals surface area (Å²) in [7, 11) is 3.08. The Hall–Kier alpha value is -3.28. The molecular formula is C20H21NO5. The van der Waals surface area contributed by atoms with Crippen LogP contribution in [0.25, 0.3) is 6.08 Å². The van der Waals surface area contributed by atoms with Crippen molar-refractivity contribution < 1.29 is 23.8 Å². The molecule has 0 aliphatic carbocycles. The van der Waals surface area contributed by atoms with Crippen LogP contribution in [0, 0.1) is 6.92 Å². The molecule has 0 unspecified atom stereocenters. The molecule has 1 amide bonds. The molecule has 2 aromatic rings. The van der Waals surface area contributed by atoms with E-state index >= 15 is 0 Å². The number of hydrogen-bond acceptors (Lipinski definition) is 5. The molecule has 0 atom stereocenters. The Morgan fingerprint density at radius 2 is 1.69 bits per heavy atom. The van der Waals surface area contributed by atoms with E-state index in [2.05, 4.69) is 5.32 Å². The Labute approximate surface area is 152 Å². The van der Waals surface area contributed by atoms with Crippen molar-refractivity contribution in [2.24, 2.45) is 0 Å². The maximum Gasteiger partial charge on any atom is 0.331 e. The van der Waals surface area contributed by atoms with Gasteiger partial charge in [-0.2, -0.15) is 0 Å². The first-order valence-corrected chi connectivity index (χ1v) is 7.95. The summed E-state index contributed by atoms with van der Waals surface area (Å²) in [6.45, 7) is 1.60. The van der Waals surface area contributed by atoms with Crippen LogP contribution in [-0.4, -0.2) is 32.7 Å². The molecule has 0 fully saturated rings. The van der Waals surface area contributed by atoms with Gasteiger partial charge in [0.05, 0.1) is 14.2 Å². The molecule has 0 bridgehead atoms. The molecule has 0 saturated carbocycles. The second-order valence-corrected chi connectivity index (χ2v) is 5.47. The molecule has 0 aliphatic heterocycles. The first kappa shape index (κ1) is 19.1. The fraction of sp³-hybridized carbons (Fsp3) is 0.200. The molecule has 2 rings (SSSR count). The zero-order chi connectivity index (χ0) is 18.9. The minimum absolute atomic E-state index is 0.358. The zero-order valence-corrected chi connectivity index (χ0v) is 14.9. The summed E-state index contributed by atoms with van der Waals surface area (Å²) in [5.74, 6) is 0.140. The van der Waals surface area contributed by atoms with Crippen molar-refractivity contribution in [3.63, 3.8) is 0 Å². The van der Waals surface area contributed by atoms with Crippen LogP contribution in [0.1, 0.15) is 11.1 Å². The average molecular weight is 355 g/mol. The molecule has 1 N–H and O–H groups in total. The molecule has 0 heterocycles. The van der Waals surface area contributed by atoms with Crippen molar-refractivity contribution in [2.75, 3.05) is 26.1 Å². The van der Waals surface area contributed by atoms with Crippen molar-refractivity contribution in [3.8, 4) is 11.5 Å². The molecule has 0 radical (unpaired) electrons. The van der Waals surface area contributed by atoms with Crippen LogP contribution in [0.15, 0.2) is 48.5 Å². The number of ether oxygens (including phenoxy) is 3. The number of anilines is 1. The molecule has 0 spiro atoms. The van der Waals surface area contributed by atoms with Crippen LogP contribution in [0.2, 0.25) is 0 Å². The number of rotatable bonds is 7. The minimum atomic E-state index is -0.612. The van der Waals surface area contributed by atoms with E-state index in [9.17, 15) is 9.59 Å². The van der Waals surface area contributed by atoms with E-state index in [0.717, 1.165) is 11.1 Å². The van der Waals surface area contributed by atoms with Gasteiger partial charge in [0.25, 0.3) is 5.91 Å². The number of methoxy groups -OCH3 is 2. The fourth-order valence-corrected chi connectivity index (χ4v) is 2.14. The van der Waals surface area contributed by atoms with E-state index in [4.69, 9.17) is 14.2 Å². The number of carbonyl (C=O) groups is 2. The number of benzene rings is 2. The summed E-state index contributed by atoms with van der Waals surface area (Å²) in [4.78, 5) is 23.5. The van der Waals surface area contributed by atoms with Gasteiger partial charge in [-0.05, 0) is 42.8 Å². The summed E-state index contributed by atoms with van der Waals surface area (Å²) in [6, 6.07) is 12.6. The van der Waals surface area contributed by atoms with Gasteiger partial charge in [-0.1, -0.05) is 23.8 Å². The van der Waals surface area contributed by atoms with Crippen LogP contribution in [0.5, 0.6) is 11.5 Å². The van der Waals surface area contributed by atoms with Gasteiger partial charge in [-0.3, -0.25) is 4.79 Å². The van der Waals surface area contributed by atoms with Crippen LogP contribution >= 0.6 is 0 Å². The summed E-state index contributed by atoms with van der Waals surface area (Å²) < 4.78 is 15.3. The quantitative estimate of drug-likeness (QED) is 0.610. The SMILES string of the molecule is COc1ccc(C=CC(=O)OCC(=O)Nc2ccc(C)cc2)cc1OC. The largest absolute Gasteiger partial charge is 0.493 e. The molecule has 0 saturated heterocycles. The van der Waals surface area contributed by atoms with Gasteiger partial charge in [-0.25, -0.2) is 4.79 Å². The van der Waals surface area contributed by atoms with Crippen LogP contribution in [0.3, 0.4) is 0 Å². The van der Waals surface area contributed by atoms with Gasteiger partial charge in [0.1, 0.15) is 0 Å². The zero-order valence-electron chi connectivity index (χ0n) is 14.9. The summed E-state index contributed by atoms with van der Waals surface area (Å²) >= 11 is 0. The van der Waals surface area contributed by atoms with Crippen molar-refractivity contribution in [1.82, 2.24) is 0 Å². The number of amides is 1. The predicted octanol–water partition coefficient (Wildman–Crippen LogP) is 3.21. The summed E-state index contributed by atoms with van der Waals surface area (Å²) in [5, 5.41) is 2.66. The van der Waals surface area contributed by atoms with Crippen LogP contribution in [0.4, 0.5) is 5.69 Å². The van der Waals surface area contributed by atoms with E-state index in [0.29, 0.717) is 17.2 Å². The number of esters is 1. The highest BCUT2D eigenvalue weighted by atomic mass is 16.5. The van der Waals surface area contributed by atoms with E-state index in [1.54, 1.807) is 43.5 Å². The monoisotopic (exact) mass is 355 g/mol. The van der Waals surface area contributed by atoms with Gasteiger partial charge in [0.15, 0.2) is 18.1 Å². The lowest BCUT2D eigenvalue weighted by atomic mass is 10.2. The van der Waals surface area contributed by atoms with Crippen molar-refractivity contribution >= 4 is 23.6 Å². The predicted molar refractivity (Wildman–Crippen MR) is 99.3 cm³/mol. The van der Waals surface area contributed by atoms with Crippen molar-refractivity contribution in [2.45, 2.75) is 6.92 Å². The Balaban J connectivity index is 1.85. The van der Waals surface area contributed by atoms with E-state index in [1.807, 2.05) is 19.1 Å². The fourth-order valence-electron chi connectivity index (χ4n) is 2.14. The number of aryl methyl sites for hydroxylation is 1. The van der Waals surface area contributed by atoms with Gasteiger partial charge in [0, 0.05) is 11.8 Å². The Bertz CT molecular complexity index is 796. The topological polar surface area (TPSA) is 73.9 Å². The molecule has 26 heavy (non-hydrogen) atoms. The lowest BCUT2D eigenvalue weighted by Gasteiger charge is -2.07. The van der Waals surface area contributed by atoms with E-state index in [1.165, 1.54) is 13.2 Å². The van der Waals surface area contributed by atoms with Crippen molar-refractivity contribution in [3.05, 3.63) is 59.7 Å². The first-order valence-electron chi connectivity index (χ1n) is 7.95. The normalized spacial score (nSPS) is 10.4. The van der Waals surface area contributed by atoms with Gasteiger partial charge < -0.3 is 19.5 Å². The smallest absolute Gasteiger partial charge is 0.331 e. The highest BCUT2D eigenvalue weighted by Crippen LogP contribution is 2.27.